The molecule has 0 bridgehead atoms. The normalized spacial score (nSPS) is 10.5. The van der Waals surface area contributed by atoms with Gasteiger partial charge in [0.1, 0.15) is 5.69 Å². The summed E-state index contributed by atoms with van der Waals surface area (Å²) >= 11 is 0. The minimum absolute atomic E-state index is 0.0727. The molecule has 6 heteroatoms. The van der Waals surface area contributed by atoms with Gasteiger partial charge in [-0.1, -0.05) is 24.3 Å². The molecule has 0 aromatic heterocycles. The summed E-state index contributed by atoms with van der Waals surface area (Å²) in [7, 11) is 0. The number of nitrogens with one attached hydrogen (secondary N) is 1. The van der Waals surface area contributed by atoms with Crippen molar-refractivity contribution in [2.24, 2.45) is 0 Å². The number of halogens is 4. The average Bonchev–Trinajstić information content (AvgIpc) is 2.46. The predicted molar refractivity (Wildman–Crippen MR) is 69.8 cm³/mol. The Bertz CT molecular complexity index is 652. The van der Waals surface area contributed by atoms with Crippen molar-refractivity contribution in [3.63, 3.8) is 0 Å². The van der Waals surface area contributed by atoms with Gasteiger partial charge in [-0.25, -0.2) is 17.6 Å². The van der Waals surface area contributed by atoms with Crippen molar-refractivity contribution < 1.29 is 17.6 Å². The third-order valence-electron chi connectivity index (χ3n) is 2.87. The highest BCUT2D eigenvalue weighted by molar-refractivity contribution is 5.50. The number of benzene rings is 2. The molecule has 0 saturated heterocycles. The van der Waals surface area contributed by atoms with Crippen molar-refractivity contribution in [3.05, 3.63) is 64.7 Å². The summed E-state index contributed by atoms with van der Waals surface area (Å²) in [6, 6.07) is 8.91. The van der Waals surface area contributed by atoms with Crippen LogP contribution in [0.3, 0.4) is 0 Å². The van der Waals surface area contributed by atoms with Crippen LogP contribution in [-0.4, -0.2) is 0 Å². The number of anilines is 1. The third kappa shape index (κ3) is 3.51. The maximum Gasteiger partial charge on any atom is 0.263 e. The summed E-state index contributed by atoms with van der Waals surface area (Å²) in [5, 5.41) is 11.1. The van der Waals surface area contributed by atoms with Gasteiger partial charge < -0.3 is 5.32 Å². The number of rotatable bonds is 4. The molecule has 2 aromatic rings. The van der Waals surface area contributed by atoms with Crippen molar-refractivity contribution in [2.45, 2.75) is 13.0 Å². The molecule has 2 nitrogen and oxygen atoms in total. The molecule has 0 fully saturated rings. The number of nitrogens with zero attached hydrogens (tertiary/aromatic N) is 1. The van der Waals surface area contributed by atoms with Crippen LogP contribution in [0.15, 0.2) is 36.4 Å². The standard InChI is InChI=1S/C15H10F4N2/c16-12-5-10(7-20)6-13(17)14(12)21-8-9-1-3-11(4-2-9)15(18)19/h1-6,15,21H,8H2. The first-order chi connectivity index (χ1) is 10.0. The van der Waals surface area contributed by atoms with E-state index in [0.717, 1.165) is 12.1 Å². The molecule has 2 rings (SSSR count). The summed E-state index contributed by atoms with van der Waals surface area (Å²) in [6.07, 6.45) is -2.56. The highest BCUT2D eigenvalue weighted by Gasteiger charge is 2.11. The lowest BCUT2D eigenvalue weighted by atomic mass is 10.1. The number of hydrogen-bond donors (Lipinski definition) is 1. The van der Waals surface area contributed by atoms with E-state index in [9.17, 15) is 17.6 Å². The molecule has 2 aromatic carbocycles. The van der Waals surface area contributed by atoms with Crippen LogP contribution in [0.1, 0.15) is 23.1 Å². The van der Waals surface area contributed by atoms with E-state index in [1.807, 2.05) is 0 Å². The van der Waals surface area contributed by atoms with Crippen molar-refractivity contribution in [2.75, 3.05) is 5.32 Å². The molecule has 0 aliphatic carbocycles. The molecule has 0 atom stereocenters. The molecule has 0 aliphatic rings. The van der Waals surface area contributed by atoms with E-state index in [2.05, 4.69) is 5.32 Å². The monoisotopic (exact) mass is 294 g/mol. The molecule has 0 heterocycles. The Morgan fingerprint density at radius 2 is 1.62 bits per heavy atom. The van der Waals surface area contributed by atoms with E-state index < -0.39 is 18.1 Å². The zero-order chi connectivity index (χ0) is 15.4. The van der Waals surface area contributed by atoms with E-state index in [-0.39, 0.29) is 23.4 Å². The third-order valence-corrected chi connectivity index (χ3v) is 2.87. The minimum atomic E-state index is -2.56. The maximum absolute atomic E-state index is 13.6. The summed E-state index contributed by atoms with van der Waals surface area (Å²) in [5.41, 5.74) is 0.0146. The van der Waals surface area contributed by atoms with Gasteiger partial charge in [-0.3, -0.25) is 0 Å². The van der Waals surface area contributed by atoms with E-state index in [0.29, 0.717) is 5.56 Å². The Balaban J connectivity index is 2.11. The van der Waals surface area contributed by atoms with Crippen molar-refractivity contribution in [1.82, 2.24) is 0 Å². The van der Waals surface area contributed by atoms with Crippen LogP contribution in [0, 0.1) is 23.0 Å². The summed E-state index contributed by atoms with van der Waals surface area (Å²) in [5.74, 6) is -1.76. The molecule has 0 aliphatic heterocycles. The lowest BCUT2D eigenvalue weighted by Crippen LogP contribution is -2.04. The molecular weight excluding hydrogens is 284 g/mol. The zero-order valence-corrected chi connectivity index (χ0v) is 10.7. The van der Waals surface area contributed by atoms with Gasteiger partial charge in [0, 0.05) is 12.1 Å². The molecule has 108 valence electrons. The van der Waals surface area contributed by atoms with Gasteiger partial charge in [0.15, 0.2) is 11.6 Å². The zero-order valence-electron chi connectivity index (χ0n) is 10.7. The summed E-state index contributed by atoms with van der Waals surface area (Å²) < 4.78 is 52.0. The highest BCUT2D eigenvalue weighted by atomic mass is 19.3. The van der Waals surface area contributed by atoms with E-state index in [4.69, 9.17) is 5.26 Å². The fourth-order valence-electron chi connectivity index (χ4n) is 1.78. The fourth-order valence-corrected chi connectivity index (χ4v) is 1.78. The predicted octanol–water partition coefficient (Wildman–Crippen LogP) is 4.39. The largest absolute Gasteiger partial charge is 0.376 e. The molecular formula is C15H10F4N2. The van der Waals surface area contributed by atoms with Crippen LogP contribution in [0.25, 0.3) is 0 Å². The number of alkyl halides is 2. The second-order valence-electron chi connectivity index (χ2n) is 4.32. The highest BCUT2D eigenvalue weighted by Crippen LogP contribution is 2.22. The summed E-state index contributed by atoms with van der Waals surface area (Å²) in [6.45, 7) is 0.0727. The van der Waals surface area contributed by atoms with Gasteiger partial charge in [0.25, 0.3) is 6.43 Å². The Kier molecular flexibility index (Phi) is 4.43. The van der Waals surface area contributed by atoms with Crippen molar-refractivity contribution in [3.8, 4) is 6.07 Å². The average molecular weight is 294 g/mol. The maximum atomic E-state index is 13.6. The first kappa shape index (κ1) is 14.9. The molecule has 0 radical (unpaired) electrons. The van der Waals surface area contributed by atoms with Gasteiger partial charge in [0.05, 0.1) is 11.6 Å². The first-order valence-electron chi connectivity index (χ1n) is 6.01. The van der Waals surface area contributed by atoms with Gasteiger partial charge in [-0.05, 0) is 17.7 Å². The van der Waals surface area contributed by atoms with E-state index in [1.165, 1.54) is 24.3 Å². The van der Waals surface area contributed by atoms with Crippen LogP contribution in [0.5, 0.6) is 0 Å². The van der Waals surface area contributed by atoms with Crippen LogP contribution in [0.4, 0.5) is 23.2 Å². The van der Waals surface area contributed by atoms with E-state index in [1.54, 1.807) is 6.07 Å². The second-order valence-corrected chi connectivity index (χ2v) is 4.32. The van der Waals surface area contributed by atoms with Gasteiger partial charge >= 0.3 is 0 Å². The summed E-state index contributed by atoms with van der Waals surface area (Å²) in [4.78, 5) is 0. The molecule has 0 amide bonds. The van der Waals surface area contributed by atoms with Gasteiger partial charge in [-0.15, -0.1) is 0 Å². The van der Waals surface area contributed by atoms with Gasteiger partial charge in [-0.2, -0.15) is 5.26 Å². The number of nitriles is 1. The lowest BCUT2D eigenvalue weighted by Gasteiger charge is -2.10. The fraction of sp³-hybridized carbons (Fsp3) is 0.133. The van der Waals surface area contributed by atoms with Gasteiger partial charge in [0.2, 0.25) is 0 Å². The quantitative estimate of drug-likeness (QED) is 0.849. The van der Waals surface area contributed by atoms with Crippen LogP contribution in [-0.2, 0) is 6.54 Å². The number of hydrogen-bond acceptors (Lipinski definition) is 2. The minimum Gasteiger partial charge on any atom is -0.376 e. The SMILES string of the molecule is N#Cc1cc(F)c(NCc2ccc(C(F)F)cc2)c(F)c1. The Morgan fingerprint density at radius 1 is 1.05 bits per heavy atom. The van der Waals surface area contributed by atoms with Crippen LogP contribution < -0.4 is 5.32 Å². The second kappa shape index (κ2) is 6.27. The Morgan fingerprint density at radius 3 is 2.10 bits per heavy atom. The van der Waals surface area contributed by atoms with E-state index >= 15 is 0 Å². The molecule has 0 unspecified atom stereocenters. The van der Waals surface area contributed by atoms with Crippen LogP contribution >= 0.6 is 0 Å². The van der Waals surface area contributed by atoms with Crippen molar-refractivity contribution >= 4 is 5.69 Å². The Hall–Kier alpha value is -2.55. The molecule has 0 saturated carbocycles. The smallest absolute Gasteiger partial charge is 0.263 e. The molecule has 1 N–H and O–H groups in total. The molecule has 0 spiro atoms. The Labute approximate surface area is 118 Å². The lowest BCUT2D eigenvalue weighted by molar-refractivity contribution is 0.151. The molecule has 21 heavy (non-hydrogen) atoms. The topological polar surface area (TPSA) is 35.8 Å². The van der Waals surface area contributed by atoms with Crippen LogP contribution in [0.2, 0.25) is 0 Å². The van der Waals surface area contributed by atoms with Crippen molar-refractivity contribution in [1.29, 1.82) is 5.26 Å². The first-order valence-corrected chi connectivity index (χ1v) is 6.01.